The second kappa shape index (κ2) is 4.60. The minimum atomic E-state index is -4.56. The predicted molar refractivity (Wildman–Crippen MR) is 66.4 cm³/mol. The van der Waals surface area contributed by atoms with Gasteiger partial charge in [0.1, 0.15) is 5.82 Å². The Bertz CT molecular complexity index is 617. The minimum Gasteiger partial charge on any atom is -0.355 e. The maximum absolute atomic E-state index is 12.8. The highest BCUT2D eigenvalue weighted by atomic mass is 19.4. The molecule has 1 saturated carbocycles. The first-order chi connectivity index (χ1) is 9.49. The van der Waals surface area contributed by atoms with E-state index in [0.29, 0.717) is 18.3 Å². The first-order valence-electron chi connectivity index (χ1n) is 6.53. The third kappa shape index (κ3) is 2.41. The molecule has 2 aromatic rings. The molecule has 0 atom stereocenters. The van der Waals surface area contributed by atoms with Crippen LogP contribution >= 0.6 is 0 Å². The summed E-state index contributed by atoms with van der Waals surface area (Å²) in [6.45, 7) is 3.50. The number of hydrogen-bond donors (Lipinski definition) is 0. The summed E-state index contributed by atoms with van der Waals surface area (Å²) in [5.74, 6) is 0.0736. The Morgan fingerprint density at radius 1 is 1.30 bits per heavy atom. The van der Waals surface area contributed by atoms with Gasteiger partial charge in [-0.05, 0) is 37.8 Å². The highest BCUT2D eigenvalue weighted by molar-refractivity contribution is 5.46. The zero-order chi connectivity index (χ0) is 14.3. The van der Waals surface area contributed by atoms with E-state index in [9.17, 15) is 13.2 Å². The Kier molecular flexibility index (Phi) is 3.02. The van der Waals surface area contributed by atoms with Crippen LogP contribution in [0.2, 0.25) is 0 Å². The van der Waals surface area contributed by atoms with Crippen LogP contribution in [-0.2, 0) is 6.18 Å². The Hall–Kier alpha value is -1.86. The highest BCUT2D eigenvalue weighted by Crippen LogP contribution is 2.31. The zero-order valence-corrected chi connectivity index (χ0v) is 10.9. The molecule has 2 aromatic heterocycles. The number of hydrogen-bond acceptors (Lipinski definition) is 4. The summed E-state index contributed by atoms with van der Waals surface area (Å²) >= 11 is 0. The van der Waals surface area contributed by atoms with E-state index < -0.39 is 12.0 Å². The number of nitrogens with zero attached hydrogens (tertiary/aromatic N) is 5. The lowest BCUT2D eigenvalue weighted by Crippen LogP contribution is -2.27. The molecule has 0 N–H and O–H groups in total. The van der Waals surface area contributed by atoms with Crippen LogP contribution in [0.5, 0.6) is 0 Å². The van der Waals surface area contributed by atoms with Gasteiger partial charge in [0.05, 0.1) is 0 Å². The SMILES string of the molecule is CCN(CC1CC1)c1ccc2nnc(C(F)(F)F)n2n1. The Balaban J connectivity index is 1.99. The Morgan fingerprint density at radius 2 is 2.05 bits per heavy atom. The van der Waals surface area contributed by atoms with Gasteiger partial charge < -0.3 is 4.90 Å². The van der Waals surface area contributed by atoms with Crippen molar-refractivity contribution in [2.45, 2.75) is 25.9 Å². The van der Waals surface area contributed by atoms with Crippen LogP contribution in [0.15, 0.2) is 12.1 Å². The quantitative estimate of drug-likeness (QED) is 0.865. The summed E-state index contributed by atoms with van der Waals surface area (Å²) in [7, 11) is 0. The van der Waals surface area contributed by atoms with Crippen LogP contribution in [0.1, 0.15) is 25.6 Å². The fourth-order valence-corrected chi connectivity index (χ4v) is 2.12. The monoisotopic (exact) mass is 285 g/mol. The molecular weight excluding hydrogens is 271 g/mol. The molecule has 1 aliphatic carbocycles. The van der Waals surface area contributed by atoms with E-state index in [4.69, 9.17) is 0 Å². The second-order valence-electron chi connectivity index (χ2n) is 4.96. The largest absolute Gasteiger partial charge is 0.453 e. The molecule has 20 heavy (non-hydrogen) atoms. The van der Waals surface area contributed by atoms with Crippen LogP contribution in [-0.4, -0.2) is 32.9 Å². The molecule has 0 saturated heterocycles. The van der Waals surface area contributed by atoms with Crippen molar-refractivity contribution in [1.82, 2.24) is 19.8 Å². The van der Waals surface area contributed by atoms with Gasteiger partial charge >= 0.3 is 6.18 Å². The smallest absolute Gasteiger partial charge is 0.355 e. The molecule has 8 heteroatoms. The number of rotatable bonds is 4. The van der Waals surface area contributed by atoms with Gasteiger partial charge in [0.15, 0.2) is 5.65 Å². The molecule has 3 rings (SSSR count). The highest BCUT2D eigenvalue weighted by Gasteiger charge is 2.37. The van der Waals surface area contributed by atoms with Crippen molar-refractivity contribution in [2.24, 2.45) is 5.92 Å². The average molecular weight is 285 g/mol. The molecule has 0 radical (unpaired) electrons. The minimum absolute atomic E-state index is 0.101. The number of fused-ring (bicyclic) bond motifs is 1. The topological polar surface area (TPSA) is 46.3 Å². The first kappa shape index (κ1) is 13.1. The van der Waals surface area contributed by atoms with Crippen molar-refractivity contribution in [1.29, 1.82) is 0 Å². The van der Waals surface area contributed by atoms with Crippen molar-refractivity contribution in [2.75, 3.05) is 18.0 Å². The molecule has 0 aromatic carbocycles. The van der Waals surface area contributed by atoms with Crippen molar-refractivity contribution < 1.29 is 13.2 Å². The van der Waals surface area contributed by atoms with Crippen molar-refractivity contribution >= 4 is 11.5 Å². The van der Waals surface area contributed by atoms with Gasteiger partial charge in [0, 0.05) is 13.1 Å². The van der Waals surface area contributed by atoms with Gasteiger partial charge in [0.2, 0.25) is 0 Å². The Labute approximate surface area is 113 Å². The summed E-state index contributed by atoms with van der Waals surface area (Å²) in [6.07, 6.45) is -2.20. The van der Waals surface area contributed by atoms with Gasteiger partial charge in [-0.15, -0.1) is 15.3 Å². The van der Waals surface area contributed by atoms with Crippen LogP contribution in [0, 0.1) is 5.92 Å². The van der Waals surface area contributed by atoms with E-state index in [1.54, 1.807) is 6.07 Å². The van der Waals surface area contributed by atoms with Crippen LogP contribution in [0.4, 0.5) is 19.0 Å². The molecule has 5 nitrogen and oxygen atoms in total. The summed E-state index contributed by atoms with van der Waals surface area (Å²) in [4.78, 5) is 1.98. The summed E-state index contributed by atoms with van der Waals surface area (Å²) < 4.78 is 39.2. The lowest BCUT2D eigenvalue weighted by atomic mass is 10.3. The number of aromatic nitrogens is 4. The van der Waals surface area contributed by atoms with Crippen molar-refractivity contribution in [3.8, 4) is 0 Å². The second-order valence-corrected chi connectivity index (χ2v) is 4.96. The number of halogens is 3. The van der Waals surface area contributed by atoms with E-state index in [1.165, 1.54) is 18.9 Å². The van der Waals surface area contributed by atoms with E-state index in [1.807, 2.05) is 11.8 Å². The molecule has 108 valence electrons. The van der Waals surface area contributed by atoms with Gasteiger partial charge in [-0.1, -0.05) is 0 Å². The molecule has 1 fully saturated rings. The average Bonchev–Trinajstić information content (AvgIpc) is 3.10. The Morgan fingerprint density at radius 3 is 2.65 bits per heavy atom. The van der Waals surface area contributed by atoms with E-state index >= 15 is 0 Å². The van der Waals surface area contributed by atoms with Gasteiger partial charge in [-0.25, -0.2) is 0 Å². The molecule has 0 bridgehead atoms. The molecule has 0 unspecified atom stereocenters. The molecule has 0 aliphatic heterocycles. The van der Waals surface area contributed by atoms with Crippen molar-refractivity contribution in [3.63, 3.8) is 0 Å². The maximum Gasteiger partial charge on any atom is 0.453 e. The maximum atomic E-state index is 12.8. The van der Waals surface area contributed by atoms with Crippen molar-refractivity contribution in [3.05, 3.63) is 18.0 Å². The van der Waals surface area contributed by atoms with Crippen LogP contribution in [0.25, 0.3) is 5.65 Å². The summed E-state index contributed by atoms with van der Waals surface area (Å²) in [6, 6.07) is 3.20. The third-order valence-corrected chi connectivity index (χ3v) is 3.38. The predicted octanol–water partition coefficient (Wildman–Crippen LogP) is 2.38. The molecule has 0 amide bonds. The van der Waals surface area contributed by atoms with Crippen LogP contribution < -0.4 is 4.90 Å². The lowest BCUT2D eigenvalue weighted by Gasteiger charge is -2.21. The third-order valence-electron chi connectivity index (χ3n) is 3.38. The lowest BCUT2D eigenvalue weighted by molar-refractivity contribution is -0.146. The number of alkyl halides is 3. The normalized spacial score (nSPS) is 15.8. The fraction of sp³-hybridized carbons (Fsp3) is 0.583. The zero-order valence-electron chi connectivity index (χ0n) is 10.9. The summed E-state index contributed by atoms with van der Waals surface area (Å²) in [5.41, 5.74) is 0.101. The first-order valence-corrected chi connectivity index (χ1v) is 6.53. The molecule has 1 aliphatic rings. The van der Waals surface area contributed by atoms with Gasteiger partial charge in [-0.2, -0.15) is 17.7 Å². The van der Waals surface area contributed by atoms with Gasteiger partial charge in [-0.3, -0.25) is 0 Å². The molecular formula is C12H14F3N5. The standard InChI is InChI=1S/C12H14F3N5/c1-2-19(7-8-3-4-8)10-6-5-9-16-17-11(12(13,14)15)20(9)18-10/h5-6,8H,2-4,7H2,1H3. The fourth-order valence-electron chi connectivity index (χ4n) is 2.12. The summed E-state index contributed by atoms with van der Waals surface area (Å²) in [5, 5.41) is 10.7. The molecule has 2 heterocycles. The molecule has 0 spiro atoms. The van der Waals surface area contributed by atoms with Crippen LogP contribution in [0.3, 0.4) is 0 Å². The van der Waals surface area contributed by atoms with E-state index in [0.717, 1.165) is 11.1 Å². The number of anilines is 1. The van der Waals surface area contributed by atoms with Gasteiger partial charge in [0.25, 0.3) is 5.82 Å². The van der Waals surface area contributed by atoms with E-state index in [2.05, 4.69) is 15.3 Å². The van der Waals surface area contributed by atoms with E-state index in [-0.39, 0.29) is 5.65 Å².